The molecular weight excluding hydrogens is 272 g/mol. The fourth-order valence-corrected chi connectivity index (χ4v) is 1.79. The molecule has 0 radical (unpaired) electrons. The lowest BCUT2D eigenvalue weighted by Gasteiger charge is -2.12. The minimum atomic E-state index is -0.494. The van der Waals surface area contributed by atoms with Crippen LogP contribution in [0.3, 0.4) is 0 Å². The Morgan fingerprint density at radius 1 is 0.857 bits per heavy atom. The molecule has 2 aromatic carbocycles. The van der Waals surface area contributed by atoms with Crippen molar-refractivity contribution in [1.82, 2.24) is 0 Å². The van der Waals surface area contributed by atoms with E-state index in [4.69, 9.17) is 18.9 Å². The maximum absolute atomic E-state index is 11.8. The molecule has 110 valence electrons. The van der Waals surface area contributed by atoms with Crippen molar-refractivity contribution in [3.8, 4) is 23.0 Å². The molecule has 0 heterocycles. The Bertz CT molecular complexity index is 636. The number of carbonyl (C=O) groups excluding carboxylic acids is 1. The van der Waals surface area contributed by atoms with Crippen LogP contribution in [-0.2, 0) is 4.74 Å². The van der Waals surface area contributed by atoms with E-state index in [2.05, 4.69) is 0 Å². The molecule has 0 fully saturated rings. The zero-order valence-corrected chi connectivity index (χ0v) is 12.1. The van der Waals surface area contributed by atoms with Crippen LogP contribution >= 0.6 is 0 Å². The molecule has 0 unspecified atom stereocenters. The molecular formula is C16H16O5. The molecule has 0 saturated heterocycles. The van der Waals surface area contributed by atoms with Crippen LogP contribution in [0.5, 0.6) is 23.0 Å². The quantitative estimate of drug-likeness (QED) is 0.790. The number of hydrogen-bond donors (Lipinski definition) is 0. The number of hydrogen-bond acceptors (Lipinski definition) is 5. The number of rotatable bonds is 5. The van der Waals surface area contributed by atoms with Crippen LogP contribution in [0.25, 0.3) is 0 Å². The molecule has 0 aliphatic rings. The van der Waals surface area contributed by atoms with Crippen LogP contribution in [0, 0.1) is 0 Å². The SMILES string of the molecule is COC(=O)c1cc(OC)ccc1Oc1cccc(OC)c1. The standard InChI is InChI=1S/C16H16O5/c1-18-11-5-4-6-13(9-11)21-15-8-7-12(19-2)10-14(15)16(17)20-3/h4-10H,1-3H3. The second kappa shape index (κ2) is 6.65. The first-order valence-electron chi connectivity index (χ1n) is 6.26. The van der Waals surface area contributed by atoms with E-state index in [-0.39, 0.29) is 0 Å². The van der Waals surface area contributed by atoms with Crippen molar-refractivity contribution in [2.75, 3.05) is 21.3 Å². The second-order valence-electron chi connectivity index (χ2n) is 4.13. The average Bonchev–Trinajstić information content (AvgIpc) is 2.54. The number of carbonyl (C=O) groups is 1. The highest BCUT2D eigenvalue weighted by Gasteiger charge is 2.15. The summed E-state index contributed by atoms with van der Waals surface area (Å²) in [7, 11) is 4.42. The maximum atomic E-state index is 11.8. The lowest BCUT2D eigenvalue weighted by atomic mass is 10.2. The van der Waals surface area contributed by atoms with Crippen molar-refractivity contribution in [1.29, 1.82) is 0 Å². The van der Waals surface area contributed by atoms with Gasteiger partial charge in [0.1, 0.15) is 28.6 Å². The molecule has 0 bridgehead atoms. The number of methoxy groups -OCH3 is 3. The Morgan fingerprint density at radius 3 is 2.19 bits per heavy atom. The number of benzene rings is 2. The third kappa shape index (κ3) is 3.45. The first-order chi connectivity index (χ1) is 10.2. The molecule has 0 atom stereocenters. The van der Waals surface area contributed by atoms with Crippen LogP contribution < -0.4 is 14.2 Å². The topological polar surface area (TPSA) is 54.0 Å². The Kier molecular flexibility index (Phi) is 4.66. The zero-order chi connectivity index (χ0) is 15.2. The largest absolute Gasteiger partial charge is 0.497 e. The summed E-state index contributed by atoms with van der Waals surface area (Å²) in [5, 5.41) is 0. The van der Waals surface area contributed by atoms with E-state index in [0.29, 0.717) is 28.6 Å². The van der Waals surface area contributed by atoms with E-state index in [1.54, 1.807) is 43.5 Å². The van der Waals surface area contributed by atoms with Crippen LogP contribution in [0.1, 0.15) is 10.4 Å². The minimum Gasteiger partial charge on any atom is -0.497 e. The first kappa shape index (κ1) is 14.7. The third-order valence-electron chi connectivity index (χ3n) is 2.86. The van der Waals surface area contributed by atoms with Crippen LogP contribution in [0.2, 0.25) is 0 Å². The molecule has 0 aromatic heterocycles. The second-order valence-corrected chi connectivity index (χ2v) is 4.13. The molecule has 2 aromatic rings. The van der Waals surface area contributed by atoms with Crippen molar-refractivity contribution in [3.05, 3.63) is 48.0 Å². The van der Waals surface area contributed by atoms with Crippen molar-refractivity contribution >= 4 is 5.97 Å². The van der Waals surface area contributed by atoms with Gasteiger partial charge in [0.15, 0.2) is 0 Å². The number of esters is 1. The first-order valence-corrected chi connectivity index (χ1v) is 6.26. The minimum absolute atomic E-state index is 0.291. The zero-order valence-electron chi connectivity index (χ0n) is 12.1. The summed E-state index contributed by atoms with van der Waals surface area (Å²) < 4.78 is 20.7. The summed E-state index contributed by atoms with van der Waals surface area (Å²) in [5.41, 5.74) is 0.291. The van der Waals surface area contributed by atoms with E-state index in [1.165, 1.54) is 14.2 Å². The molecule has 5 nitrogen and oxygen atoms in total. The number of ether oxygens (including phenoxy) is 4. The maximum Gasteiger partial charge on any atom is 0.341 e. The molecule has 0 saturated carbocycles. The predicted molar refractivity (Wildman–Crippen MR) is 77.4 cm³/mol. The van der Waals surface area contributed by atoms with E-state index in [9.17, 15) is 4.79 Å². The van der Waals surface area contributed by atoms with Gasteiger partial charge in [-0.2, -0.15) is 0 Å². The summed E-state index contributed by atoms with van der Waals surface area (Å²) >= 11 is 0. The molecule has 2 rings (SSSR count). The summed E-state index contributed by atoms with van der Waals surface area (Å²) in [6.45, 7) is 0. The van der Waals surface area contributed by atoms with Gasteiger partial charge < -0.3 is 18.9 Å². The molecule has 0 aliphatic heterocycles. The summed E-state index contributed by atoms with van der Waals surface area (Å²) in [5.74, 6) is 1.67. The van der Waals surface area contributed by atoms with Gasteiger partial charge in [-0.05, 0) is 30.3 Å². The van der Waals surface area contributed by atoms with Gasteiger partial charge in [0.2, 0.25) is 0 Å². The van der Waals surface area contributed by atoms with Crippen molar-refractivity contribution < 1.29 is 23.7 Å². The van der Waals surface area contributed by atoms with Gasteiger partial charge in [0.05, 0.1) is 21.3 Å². The summed E-state index contributed by atoms with van der Waals surface area (Å²) in [6.07, 6.45) is 0. The normalized spacial score (nSPS) is 9.86. The van der Waals surface area contributed by atoms with E-state index in [1.807, 2.05) is 6.07 Å². The van der Waals surface area contributed by atoms with Gasteiger partial charge in [0.25, 0.3) is 0 Å². The van der Waals surface area contributed by atoms with Gasteiger partial charge >= 0.3 is 5.97 Å². The van der Waals surface area contributed by atoms with Gasteiger partial charge in [-0.1, -0.05) is 6.07 Å². The molecule has 21 heavy (non-hydrogen) atoms. The highest BCUT2D eigenvalue weighted by atomic mass is 16.5. The Morgan fingerprint density at radius 2 is 1.52 bits per heavy atom. The lowest BCUT2D eigenvalue weighted by Crippen LogP contribution is -2.04. The molecule has 0 aliphatic carbocycles. The smallest absolute Gasteiger partial charge is 0.341 e. The molecule has 0 N–H and O–H groups in total. The third-order valence-corrected chi connectivity index (χ3v) is 2.86. The average molecular weight is 288 g/mol. The van der Waals surface area contributed by atoms with Gasteiger partial charge in [-0.15, -0.1) is 0 Å². The van der Waals surface area contributed by atoms with Crippen molar-refractivity contribution in [3.63, 3.8) is 0 Å². The Hall–Kier alpha value is -2.69. The van der Waals surface area contributed by atoms with Crippen LogP contribution in [-0.4, -0.2) is 27.3 Å². The lowest BCUT2D eigenvalue weighted by molar-refractivity contribution is 0.0597. The van der Waals surface area contributed by atoms with Gasteiger partial charge in [-0.25, -0.2) is 4.79 Å². The molecule has 0 spiro atoms. The summed E-state index contributed by atoms with van der Waals surface area (Å²) in [6, 6.07) is 12.0. The van der Waals surface area contributed by atoms with E-state index in [0.717, 1.165) is 0 Å². The van der Waals surface area contributed by atoms with Crippen molar-refractivity contribution in [2.45, 2.75) is 0 Å². The molecule has 0 amide bonds. The summed E-state index contributed by atoms with van der Waals surface area (Å²) in [4.78, 5) is 11.8. The monoisotopic (exact) mass is 288 g/mol. The highest BCUT2D eigenvalue weighted by Crippen LogP contribution is 2.30. The van der Waals surface area contributed by atoms with Crippen molar-refractivity contribution in [2.24, 2.45) is 0 Å². The van der Waals surface area contributed by atoms with Gasteiger partial charge in [0, 0.05) is 6.07 Å². The fourth-order valence-electron chi connectivity index (χ4n) is 1.79. The Labute approximate surface area is 123 Å². The fraction of sp³-hybridized carbons (Fsp3) is 0.188. The van der Waals surface area contributed by atoms with Crippen LogP contribution in [0.4, 0.5) is 0 Å². The van der Waals surface area contributed by atoms with E-state index >= 15 is 0 Å². The van der Waals surface area contributed by atoms with Crippen LogP contribution in [0.15, 0.2) is 42.5 Å². The highest BCUT2D eigenvalue weighted by molar-refractivity contribution is 5.93. The Balaban J connectivity index is 2.36. The predicted octanol–water partition coefficient (Wildman–Crippen LogP) is 3.28. The molecule has 5 heteroatoms. The van der Waals surface area contributed by atoms with Gasteiger partial charge in [-0.3, -0.25) is 0 Å². The van der Waals surface area contributed by atoms with E-state index < -0.39 is 5.97 Å².